The number of aryl methyl sites for hydroxylation is 1. The molecule has 2 aromatic carbocycles. The summed E-state index contributed by atoms with van der Waals surface area (Å²) in [6, 6.07) is 15.9. The summed E-state index contributed by atoms with van der Waals surface area (Å²) in [4.78, 5) is 23.7. The fraction of sp³-hybridized carbons (Fsp3) is 0.300. The first kappa shape index (κ1) is 17.7. The highest BCUT2D eigenvalue weighted by molar-refractivity contribution is 6.35. The Balaban J connectivity index is 1.80. The molecule has 2 aromatic rings. The molecular formula is C20H24N2O2. The zero-order chi connectivity index (χ0) is 17.5. The molecule has 126 valence electrons. The van der Waals surface area contributed by atoms with Crippen LogP contribution in [-0.2, 0) is 22.7 Å². The minimum absolute atomic E-state index is 0.342. The summed E-state index contributed by atoms with van der Waals surface area (Å²) in [6.45, 7) is 6.94. The van der Waals surface area contributed by atoms with Gasteiger partial charge in [-0.05, 0) is 29.5 Å². The highest BCUT2D eigenvalue weighted by Gasteiger charge is 2.12. The first-order chi connectivity index (χ1) is 11.5. The normalized spacial score (nSPS) is 10.5. The predicted octanol–water partition coefficient (Wildman–Crippen LogP) is 3.05. The monoisotopic (exact) mass is 324 g/mol. The molecule has 4 heteroatoms. The minimum Gasteiger partial charge on any atom is -0.344 e. The molecule has 0 radical (unpaired) electrons. The molecule has 0 saturated carbocycles. The van der Waals surface area contributed by atoms with Crippen LogP contribution in [0.2, 0.25) is 0 Å². The first-order valence-corrected chi connectivity index (χ1v) is 8.16. The van der Waals surface area contributed by atoms with Crippen LogP contribution in [0.15, 0.2) is 48.5 Å². The summed E-state index contributed by atoms with van der Waals surface area (Å²) in [5, 5.41) is 5.28. The molecule has 0 atom stereocenters. The third-order valence-electron chi connectivity index (χ3n) is 3.84. The van der Waals surface area contributed by atoms with E-state index >= 15 is 0 Å². The summed E-state index contributed by atoms with van der Waals surface area (Å²) in [7, 11) is 0. The summed E-state index contributed by atoms with van der Waals surface area (Å²) in [6.07, 6.45) is 0. The second-order valence-electron chi connectivity index (χ2n) is 6.25. The van der Waals surface area contributed by atoms with E-state index in [1.54, 1.807) is 0 Å². The number of hydrogen-bond donors (Lipinski definition) is 2. The van der Waals surface area contributed by atoms with E-state index in [0.29, 0.717) is 19.0 Å². The van der Waals surface area contributed by atoms with E-state index < -0.39 is 11.8 Å². The molecule has 0 aliphatic rings. The summed E-state index contributed by atoms with van der Waals surface area (Å²) >= 11 is 0. The van der Waals surface area contributed by atoms with Crippen molar-refractivity contribution in [1.29, 1.82) is 0 Å². The van der Waals surface area contributed by atoms with Crippen molar-refractivity contribution < 1.29 is 9.59 Å². The average Bonchev–Trinajstić information content (AvgIpc) is 2.58. The first-order valence-electron chi connectivity index (χ1n) is 8.16. The molecule has 0 aliphatic carbocycles. The van der Waals surface area contributed by atoms with Crippen LogP contribution in [0.3, 0.4) is 0 Å². The number of carbonyl (C=O) groups excluding carboxylic acids is 2. The lowest BCUT2D eigenvalue weighted by Crippen LogP contribution is -2.39. The van der Waals surface area contributed by atoms with Crippen molar-refractivity contribution in [2.45, 2.75) is 39.8 Å². The van der Waals surface area contributed by atoms with E-state index in [1.165, 1.54) is 5.56 Å². The van der Waals surface area contributed by atoms with E-state index in [1.807, 2.05) is 55.5 Å². The van der Waals surface area contributed by atoms with Gasteiger partial charge in [0.2, 0.25) is 0 Å². The SMILES string of the molecule is Cc1cccc(CNC(=O)C(=O)NCc2ccc(C(C)C)cc2)c1. The largest absolute Gasteiger partial charge is 0.344 e. The predicted molar refractivity (Wildman–Crippen MR) is 95.4 cm³/mol. The van der Waals surface area contributed by atoms with Crippen molar-refractivity contribution in [3.63, 3.8) is 0 Å². The van der Waals surface area contributed by atoms with Crippen molar-refractivity contribution in [1.82, 2.24) is 10.6 Å². The Morgan fingerprint density at radius 2 is 1.46 bits per heavy atom. The number of nitrogens with one attached hydrogen (secondary N) is 2. The van der Waals surface area contributed by atoms with Crippen LogP contribution < -0.4 is 10.6 Å². The van der Waals surface area contributed by atoms with Gasteiger partial charge in [-0.2, -0.15) is 0 Å². The van der Waals surface area contributed by atoms with Gasteiger partial charge < -0.3 is 10.6 Å². The Labute approximate surface area is 143 Å². The van der Waals surface area contributed by atoms with Gasteiger partial charge >= 0.3 is 11.8 Å². The molecule has 0 saturated heterocycles. The van der Waals surface area contributed by atoms with Gasteiger partial charge in [-0.1, -0.05) is 67.9 Å². The standard InChI is InChI=1S/C20H24N2O2/c1-14(2)18-9-7-16(8-10-18)12-21-19(23)20(24)22-13-17-6-4-5-15(3)11-17/h4-11,14H,12-13H2,1-3H3,(H,21,23)(H,22,24). The van der Waals surface area contributed by atoms with Crippen LogP contribution in [0.5, 0.6) is 0 Å². The Bertz CT molecular complexity index is 706. The number of benzene rings is 2. The Kier molecular flexibility index (Phi) is 6.13. The van der Waals surface area contributed by atoms with Crippen molar-refractivity contribution >= 4 is 11.8 Å². The van der Waals surface area contributed by atoms with Crippen LogP contribution in [0.25, 0.3) is 0 Å². The molecule has 0 aromatic heterocycles. The molecule has 2 N–H and O–H groups in total. The van der Waals surface area contributed by atoms with Crippen molar-refractivity contribution in [3.8, 4) is 0 Å². The van der Waals surface area contributed by atoms with Gasteiger partial charge in [0.25, 0.3) is 0 Å². The number of carbonyl (C=O) groups is 2. The molecule has 4 nitrogen and oxygen atoms in total. The van der Waals surface area contributed by atoms with Crippen LogP contribution in [-0.4, -0.2) is 11.8 Å². The van der Waals surface area contributed by atoms with E-state index in [4.69, 9.17) is 0 Å². The topological polar surface area (TPSA) is 58.2 Å². The molecule has 24 heavy (non-hydrogen) atoms. The number of rotatable bonds is 5. The molecule has 0 unspecified atom stereocenters. The van der Waals surface area contributed by atoms with Crippen molar-refractivity contribution in [2.24, 2.45) is 0 Å². The fourth-order valence-electron chi connectivity index (χ4n) is 2.37. The van der Waals surface area contributed by atoms with Crippen LogP contribution in [0, 0.1) is 6.92 Å². The number of amides is 2. The summed E-state index contributed by atoms with van der Waals surface area (Å²) in [5.41, 5.74) is 4.32. The maximum absolute atomic E-state index is 11.9. The average molecular weight is 324 g/mol. The maximum Gasteiger partial charge on any atom is 0.309 e. The van der Waals surface area contributed by atoms with Gasteiger partial charge in [-0.15, -0.1) is 0 Å². The molecule has 0 spiro atoms. The lowest BCUT2D eigenvalue weighted by atomic mass is 10.0. The quantitative estimate of drug-likeness (QED) is 0.831. The molecule has 0 aliphatic heterocycles. The van der Waals surface area contributed by atoms with Gasteiger partial charge in [0, 0.05) is 13.1 Å². The Morgan fingerprint density at radius 3 is 2.00 bits per heavy atom. The Hall–Kier alpha value is -2.62. The number of hydrogen-bond acceptors (Lipinski definition) is 2. The lowest BCUT2D eigenvalue weighted by molar-refractivity contribution is -0.139. The van der Waals surface area contributed by atoms with Crippen molar-refractivity contribution in [2.75, 3.05) is 0 Å². The third-order valence-corrected chi connectivity index (χ3v) is 3.84. The van der Waals surface area contributed by atoms with Gasteiger partial charge in [-0.25, -0.2) is 0 Å². The zero-order valence-electron chi connectivity index (χ0n) is 14.4. The third kappa shape index (κ3) is 5.23. The second-order valence-corrected chi connectivity index (χ2v) is 6.25. The summed E-state index contributed by atoms with van der Waals surface area (Å²) in [5.74, 6) is -0.757. The van der Waals surface area contributed by atoms with E-state index in [2.05, 4.69) is 24.5 Å². The lowest BCUT2D eigenvalue weighted by Gasteiger charge is -2.09. The Morgan fingerprint density at radius 1 is 0.875 bits per heavy atom. The molecular weight excluding hydrogens is 300 g/mol. The smallest absolute Gasteiger partial charge is 0.309 e. The van der Waals surface area contributed by atoms with E-state index in [-0.39, 0.29) is 0 Å². The molecule has 2 rings (SSSR count). The highest BCUT2D eigenvalue weighted by Crippen LogP contribution is 2.14. The highest BCUT2D eigenvalue weighted by atomic mass is 16.2. The molecule has 0 heterocycles. The fourth-order valence-corrected chi connectivity index (χ4v) is 2.37. The van der Waals surface area contributed by atoms with Gasteiger partial charge in [-0.3, -0.25) is 9.59 Å². The van der Waals surface area contributed by atoms with Crippen LogP contribution >= 0.6 is 0 Å². The van der Waals surface area contributed by atoms with Gasteiger partial charge in [0.05, 0.1) is 0 Å². The minimum atomic E-state index is -0.615. The van der Waals surface area contributed by atoms with E-state index in [9.17, 15) is 9.59 Å². The van der Waals surface area contributed by atoms with E-state index in [0.717, 1.165) is 16.7 Å². The molecule has 0 bridgehead atoms. The molecule has 2 amide bonds. The van der Waals surface area contributed by atoms with Crippen molar-refractivity contribution in [3.05, 3.63) is 70.8 Å². The van der Waals surface area contributed by atoms with Crippen LogP contribution in [0.1, 0.15) is 42.0 Å². The van der Waals surface area contributed by atoms with Gasteiger partial charge in [0.1, 0.15) is 0 Å². The molecule has 0 fully saturated rings. The second kappa shape index (κ2) is 8.29. The van der Waals surface area contributed by atoms with Gasteiger partial charge in [0.15, 0.2) is 0 Å². The zero-order valence-corrected chi connectivity index (χ0v) is 14.4. The summed E-state index contributed by atoms with van der Waals surface area (Å²) < 4.78 is 0. The van der Waals surface area contributed by atoms with Crippen LogP contribution in [0.4, 0.5) is 0 Å². The maximum atomic E-state index is 11.9.